The number of ether oxygens (including phenoxy) is 1. The van der Waals surface area contributed by atoms with Crippen LogP contribution in [0.2, 0.25) is 5.02 Å². The fourth-order valence-corrected chi connectivity index (χ4v) is 2.18. The minimum absolute atomic E-state index is 0.0324. The lowest BCUT2D eigenvalue weighted by molar-refractivity contribution is 0.0213. The van der Waals surface area contributed by atoms with Crippen LogP contribution < -0.4 is 0 Å². The number of Topliss-reactive ketones (excluding diaryl/α,β-unsaturated/α-hetero) is 1. The van der Waals surface area contributed by atoms with Crippen molar-refractivity contribution in [2.24, 2.45) is 0 Å². The van der Waals surface area contributed by atoms with Gasteiger partial charge in [0.15, 0.2) is 17.4 Å². The molecule has 5 heteroatoms. The maximum atomic E-state index is 13.1. The highest BCUT2D eigenvalue weighted by atomic mass is 35.5. The van der Waals surface area contributed by atoms with Gasteiger partial charge in [0.1, 0.15) is 5.60 Å². The van der Waals surface area contributed by atoms with Crippen LogP contribution in [0.15, 0.2) is 12.1 Å². The smallest absolute Gasteiger partial charge is 0.195 e. The van der Waals surface area contributed by atoms with Crippen molar-refractivity contribution in [3.63, 3.8) is 0 Å². The lowest BCUT2D eigenvalue weighted by atomic mass is 9.92. The summed E-state index contributed by atoms with van der Waals surface area (Å²) in [6.45, 7) is 2.13. The number of hydrogen-bond acceptors (Lipinski definition) is 2. The van der Waals surface area contributed by atoms with E-state index >= 15 is 0 Å². The van der Waals surface area contributed by atoms with Gasteiger partial charge >= 0.3 is 0 Å². The average molecular weight is 261 g/mol. The van der Waals surface area contributed by atoms with Crippen molar-refractivity contribution in [2.45, 2.75) is 25.4 Å². The largest absolute Gasteiger partial charge is 0.367 e. The topological polar surface area (TPSA) is 26.3 Å². The third-order valence-electron chi connectivity index (χ3n) is 2.95. The zero-order chi connectivity index (χ0) is 12.6. The molecule has 92 valence electrons. The summed E-state index contributed by atoms with van der Waals surface area (Å²) in [7, 11) is 0. The molecule has 1 aromatic carbocycles. The average Bonchev–Trinajstić information content (AvgIpc) is 2.71. The number of rotatable bonds is 2. The summed E-state index contributed by atoms with van der Waals surface area (Å²) < 4.78 is 31.4. The fourth-order valence-electron chi connectivity index (χ4n) is 1.94. The van der Waals surface area contributed by atoms with Gasteiger partial charge in [-0.3, -0.25) is 4.79 Å². The summed E-state index contributed by atoms with van der Waals surface area (Å²) in [6.07, 6.45) is 1.32. The van der Waals surface area contributed by atoms with Gasteiger partial charge in [-0.15, -0.1) is 0 Å². The van der Waals surface area contributed by atoms with Crippen molar-refractivity contribution in [2.75, 3.05) is 6.61 Å². The zero-order valence-corrected chi connectivity index (χ0v) is 9.98. The van der Waals surface area contributed by atoms with Crippen LogP contribution in [0, 0.1) is 11.6 Å². The first kappa shape index (κ1) is 12.5. The number of ketones is 1. The monoisotopic (exact) mass is 260 g/mol. The Hall–Kier alpha value is -1.00. The van der Waals surface area contributed by atoms with Crippen LogP contribution >= 0.6 is 11.6 Å². The number of hydrogen-bond donors (Lipinski definition) is 0. The highest BCUT2D eigenvalue weighted by Crippen LogP contribution is 2.32. The van der Waals surface area contributed by atoms with Gasteiger partial charge in [-0.1, -0.05) is 11.6 Å². The quantitative estimate of drug-likeness (QED) is 0.602. The van der Waals surface area contributed by atoms with Crippen LogP contribution in [-0.4, -0.2) is 18.0 Å². The molecule has 1 saturated heterocycles. The molecular weight excluding hydrogens is 250 g/mol. The van der Waals surface area contributed by atoms with Crippen LogP contribution in [-0.2, 0) is 4.74 Å². The number of carbonyl (C=O) groups excluding carboxylic acids is 1. The summed E-state index contributed by atoms with van der Waals surface area (Å²) >= 11 is 5.75. The van der Waals surface area contributed by atoms with E-state index in [4.69, 9.17) is 16.3 Å². The zero-order valence-electron chi connectivity index (χ0n) is 9.23. The lowest BCUT2D eigenvalue weighted by Crippen LogP contribution is -2.34. The van der Waals surface area contributed by atoms with Gasteiger partial charge in [0.2, 0.25) is 0 Å². The third kappa shape index (κ3) is 2.19. The molecule has 0 amide bonds. The number of halogens is 3. The number of benzene rings is 1. The van der Waals surface area contributed by atoms with Gasteiger partial charge in [0.25, 0.3) is 0 Å². The summed E-state index contributed by atoms with van der Waals surface area (Å²) in [5.41, 5.74) is -1.01. The minimum atomic E-state index is -1.08. The molecule has 1 unspecified atom stereocenters. The Balaban J connectivity index is 2.40. The van der Waals surface area contributed by atoms with Gasteiger partial charge in [-0.2, -0.15) is 0 Å². The highest BCUT2D eigenvalue weighted by Gasteiger charge is 2.39. The lowest BCUT2D eigenvalue weighted by Gasteiger charge is -2.21. The Morgan fingerprint density at radius 1 is 1.41 bits per heavy atom. The van der Waals surface area contributed by atoms with Crippen molar-refractivity contribution in [1.82, 2.24) is 0 Å². The molecule has 2 nitrogen and oxygen atoms in total. The predicted octanol–water partition coefficient (Wildman–Crippen LogP) is 3.37. The first-order valence-corrected chi connectivity index (χ1v) is 5.65. The van der Waals surface area contributed by atoms with E-state index in [-0.39, 0.29) is 10.6 Å². The Morgan fingerprint density at radius 2 is 2.06 bits per heavy atom. The minimum Gasteiger partial charge on any atom is -0.367 e. The standard InChI is InChI=1S/C12H11ClF2O2/c1-12(3-2-4-17-12)11(16)7-5-9(14)10(15)6-8(7)13/h5-6H,2-4H2,1H3. The van der Waals surface area contributed by atoms with Gasteiger partial charge in [0, 0.05) is 12.2 Å². The molecule has 1 atom stereocenters. The molecule has 2 rings (SSSR count). The molecule has 0 saturated carbocycles. The summed E-state index contributed by atoms with van der Waals surface area (Å²) in [5, 5.41) is -0.0920. The van der Waals surface area contributed by atoms with Crippen LogP contribution in [0.4, 0.5) is 8.78 Å². The maximum absolute atomic E-state index is 13.1. The van der Waals surface area contributed by atoms with E-state index in [1.807, 2.05) is 0 Å². The van der Waals surface area contributed by atoms with E-state index in [0.717, 1.165) is 18.6 Å². The van der Waals surface area contributed by atoms with E-state index < -0.39 is 23.0 Å². The van der Waals surface area contributed by atoms with Gasteiger partial charge in [-0.25, -0.2) is 8.78 Å². The second-order valence-corrected chi connectivity index (χ2v) is 4.67. The molecule has 0 radical (unpaired) electrons. The Bertz CT molecular complexity index is 468. The summed E-state index contributed by atoms with van der Waals surface area (Å²) in [5.74, 6) is -2.55. The first-order valence-electron chi connectivity index (χ1n) is 5.27. The summed E-state index contributed by atoms with van der Waals surface area (Å²) in [6, 6.07) is 1.63. The molecule has 0 N–H and O–H groups in total. The molecule has 17 heavy (non-hydrogen) atoms. The second-order valence-electron chi connectivity index (χ2n) is 4.26. The molecule has 1 aliphatic heterocycles. The molecule has 1 aromatic rings. The van der Waals surface area contributed by atoms with Crippen LogP contribution in [0.25, 0.3) is 0 Å². The second kappa shape index (κ2) is 4.35. The van der Waals surface area contributed by atoms with E-state index in [2.05, 4.69) is 0 Å². The molecule has 0 aliphatic carbocycles. The Labute approximate surface area is 103 Å². The van der Waals surface area contributed by atoms with Gasteiger partial charge in [0.05, 0.1) is 5.02 Å². The Morgan fingerprint density at radius 3 is 2.65 bits per heavy atom. The van der Waals surface area contributed by atoms with Crippen molar-refractivity contribution < 1.29 is 18.3 Å². The maximum Gasteiger partial charge on any atom is 0.195 e. The van der Waals surface area contributed by atoms with Crippen LogP contribution in [0.5, 0.6) is 0 Å². The van der Waals surface area contributed by atoms with E-state index in [1.165, 1.54) is 0 Å². The number of carbonyl (C=O) groups is 1. The normalized spacial score (nSPS) is 24.0. The first-order chi connectivity index (χ1) is 7.94. The highest BCUT2D eigenvalue weighted by molar-refractivity contribution is 6.34. The van der Waals surface area contributed by atoms with Crippen LogP contribution in [0.1, 0.15) is 30.1 Å². The molecule has 0 aromatic heterocycles. The van der Waals surface area contributed by atoms with E-state index in [1.54, 1.807) is 6.92 Å². The Kier molecular flexibility index (Phi) is 3.19. The SMILES string of the molecule is CC1(C(=O)c2cc(F)c(F)cc2Cl)CCCO1. The van der Waals surface area contributed by atoms with Crippen molar-refractivity contribution in [1.29, 1.82) is 0 Å². The van der Waals surface area contributed by atoms with Crippen molar-refractivity contribution in [3.05, 3.63) is 34.4 Å². The van der Waals surface area contributed by atoms with Crippen molar-refractivity contribution in [3.8, 4) is 0 Å². The third-order valence-corrected chi connectivity index (χ3v) is 3.27. The van der Waals surface area contributed by atoms with Gasteiger partial charge in [-0.05, 0) is 31.9 Å². The summed E-state index contributed by atoms with van der Waals surface area (Å²) in [4.78, 5) is 12.2. The van der Waals surface area contributed by atoms with Crippen molar-refractivity contribution >= 4 is 17.4 Å². The molecule has 1 heterocycles. The van der Waals surface area contributed by atoms with Crippen LogP contribution in [0.3, 0.4) is 0 Å². The van der Waals surface area contributed by atoms with E-state index in [0.29, 0.717) is 13.0 Å². The van der Waals surface area contributed by atoms with Gasteiger partial charge < -0.3 is 4.74 Å². The molecular formula is C12H11ClF2O2. The molecule has 1 fully saturated rings. The molecule has 1 aliphatic rings. The molecule has 0 bridgehead atoms. The molecule has 0 spiro atoms. The van der Waals surface area contributed by atoms with E-state index in [9.17, 15) is 13.6 Å². The fraction of sp³-hybridized carbons (Fsp3) is 0.417. The predicted molar refractivity (Wildman–Crippen MR) is 59.3 cm³/mol.